The van der Waals surface area contributed by atoms with Gasteiger partial charge in [-0.15, -0.1) is 0 Å². The maximum absolute atomic E-state index is 13.0. The number of hydrogen-bond acceptors (Lipinski definition) is 4. The van der Waals surface area contributed by atoms with E-state index in [-0.39, 0.29) is 27.4 Å². The maximum Gasteiger partial charge on any atom is 0.321 e. The van der Waals surface area contributed by atoms with E-state index in [1.165, 1.54) is 13.2 Å². The quantitative estimate of drug-likeness (QED) is 0.647. The summed E-state index contributed by atoms with van der Waals surface area (Å²) >= 11 is 9.28. The Morgan fingerprint density at radius 1 is 1.18 bits per heavy atom. The number of methoxy groups -OCH3 is 1. The number of benzene rings is 2. The third kappa shape index (κ3) is 4.53. The Hall–Kier alpha value is -1.97. The summed E-state index contributed by atoms with van der Waals surface area (Å²) in [4.78, 5) is 14.0. The third-order valence-corrected chi connectivity index (χ3v) is 6.45. The van der Waals surface area contributed by atoms with Gasteiger partial charge in [0.15, 0.2) is 5.75 Å². The van der Waals surface area contributed by atoms with Crippen molar-refractivity contribution < 1.29 is 17.9 Å². The molecule has 1 aliphatic rings. The lowest BCUT2D eigenvalue weighted by Gasteiger charge is -2.19. The van der Waals surface area contributed by atoms with E-state index < -0.39 is 10.0 Å². The lowest BCUT2D eigenvalue weighted by molar-refractivity contribution is 0.222. The summed E-state index contributed by atoms with van der Waals surface area (Å²) in [5.74, 6) is 0.135. The molecule has 2 aromatic rings. The fourth-order valence-electron chi connectivity index (χ4n) is 2.93. The molecule has 0 atom stereocenters. The molecule has 0 unspecified atom stereocenters. The van der Waals surface area contributed by atoms with Crippen LogP contribution in [0.25, 0.3) is 0 Å². The number of nitrogens with one attached hydrogen (secondary N) is 2. The standard InChI is InChI=1S/C18H19BrClN3O4S/c1-27-17-13(19)10-12(20)11-16(17)28(25,26)22-15-7-3-2-6-14(15)21-18(24)23-8-4-5-9-23/h2-3,6-7,10-11,22H,4-5,8-9H2,1H3,(H,21,24). The molecule has 1 heterocycles. The molecular weight excluding hydrogens is 470 g/mol. The fraction of sp³-hybridized carbons (Fsp3) is 0.278. The van der Waals surface area contributed by atoms with Crippen LogP contribution >= 0.6 is 27.5 Å². The minimum absolute atomic E-state index is 0.116. The van der Waals surface area contributed by atoms with Crippen molar-refractivity contribution in [3.05, 3.63) is 45.9 Å². The molecule has 0 bridgehead atoms. The third-order valence-electron chi connectivity index (χ3n) is 4.27. The van der Waals surface area contributed by atoms with E-state index in [0.29, 0.717) is 23.2 Å². The van der Waals surface area contributed by atoms with E-state index in [4.69, 9.17) is 16.3 Å². The molecule has 150 valence electrons. The highest BCUT2D eigenvalue weighted by Crippen LogP contribution is 2.37. The van der Waals surface area contributed by atoms with Crippen LogP contribution in [-0.4, -0.2) is 39.5 Å². The first-order valence-corrected chi connectivity index (χ1v) is 11.2. The number of carbonyl (C=O) groups is 1. The normalized spacial score (nSPS) is 14.0. The second-order valence-electron chi connectivity index (χ2n) is 6.19. The number of rotatable bonds is 5. The highest BCUT2D eigenvalue weighted by atomic mass is 79.9. The Balaban J connectivity index is 1.90. The first-order valence-electron chi connectivity index (χ1n) is 8.52. The number of nitrogens with zero attached hydrogens (tertiary/aromatic N) is 1. The van der Waals surface area contributed by atoms with Crippen molar-refractivity contribution in [2.75, 3.05) is 30.2 Å². The van der Waals surface area contributed by atoms with Gasteiger partial charge in [0.1, 0.15) is 4.90 Å². The van der Waals surface area contributed by atoms with Gasteiger partial charge in [0, 0.05) is 18.1 Å². The number of urea groups is 1. The summed E-state index contributed by atoms with van der Waals surface area (Å²) in [6, 6.07) is 9.19. The molecule has 1 saturated heterocycles. The summed E-state index contributed by atoms with van der Waals surface area (Å²) in [5, 5.41) is 3.01. The molecule has 0 aromatic heterocycles. The Labute approximate surface area is 177 Å². The second-order valence-corrected chi connectivity index (χ2v) is 9.14. The number of sulfonamides is 1. The predicted octanol–water partition coefficient (Wildman–Crippen LogP) is 4.54. The SMILES string of the molecule is COc1c(Br)cc(Cl)cc1S(=O)(=O)Nc1ccccc1NC(=O)N1CCCC1. The van der Waals surface area contributed by atoms with Crippen LogP contribution in [0.3, 0.4) is 0 Å². The fourth-order valence-corrected chi connectivity index (χ4v) is 5.39. The molecule has 0 spiro atoms. The minimum atomic E-state index is -4.03. The van der Waals surface area contributed by atoms with Crippen molar-refractivity contribution in [2.24, 2.45) is 0 Å². The van der Waals surface area contributed by atoms with Crippen molar-refractivity contribution in [3.63, 3.8) is 0 Å². The summed E-state index contributed by atoms with van der Waals surface area (Å²) < 4.78 is 34.1. The predicted molar refractivity (Wildman–Crippen MR) is 113 cm³/mol. The van der Waals surface area contributed by atoms with Gasteiger partial charge in [0.2, 0.25) is 0 Å². The van der Waals surface area contributed by atoms with Gasteiger partial charge in [0.05, 0.1) is 23.0 Å². The van der Waals surface area contributed by atoms with Crippen LogP contribution in [0.5, 0.6) is 5.75 Å². The van der Waals surface area contributed by atoms with Crippen LogP contribution in [0, 0.1) is 0 Å². The molecule has 7 nitrogen and oxygen atoms in total. The number of ether oxygens (including phenoxy) is 1. The number of halogens is 2. The topological polar surface area (TPSA) is 87.7 Å². The average molecular weight is 489 g/mol. The first-order chi connectivity index (χ1) is 13.3. The van der Waals surface area contributed by atoms with Gasteiger partial charge >= 0.3 is 6.03 Å². The van der Waals surface area contributed by atoms with Crippen molar-refractivity contribution in [1.29, 1.82) is 0 Å². The lowest BCUT2D eigenvalue weighted by Crippen LogP contribution is -2.32. The maximum atomic E-state index is 13.0. The monoisotopic (exact) mass is 487 g/mol. The molecule has 1 fully saturated rings. The van der Waals surface area contributed by atoms with Gasteiger partial charge in [-0.2, -0.15) is 0 Å². The average Bonchev–Trinajstić information content (AvgIpc) is 3.17. The van der Waals surface area contributed by atoms with Crippen molar-refractivity contribution in [1.82, 2.24) is 4.90 Å². The molecule has 28 heavy (non-hydrogen) atoms. The van der Waals surface area contributed by atoms with Crippen LogP contribution < -0.4 is 14.8 Å². The van der Waals surface area contributed by atoms with Crippen molar-refractivity contribution >= 4 is 55.0 Å². The van der Waals surface area contributed by atoms with Crippen LogP contribution in [0.1, 0.15) is 12.8 Å². The molecule has 2 amide bonds. The van der Waals surface area contributed by atoms with Crippen LogP contribution in [0.4, 0.5) is 16.2 Å². The molecule has 3 rings (SSSR count). The van der Waals surface area contributed by atoms with Gasteiger partial charge in [0.25, 0.3) is 10.0 Å². The number of likely N-dealkylation sites (tertiary alicyclic amines) is 1. The first kappa shape index (κ1) is 20.8. The minimum Gasteiger partial charge on any atom is -0.494 e. The lowest BCUT2D eigenvalue weighted by atomic mass is 10.3. The van der Waals surface area contributed by atoms with E-state index in [2.05, 4.69) is 26.0 Å². The molecule has 10 heteroatoms. The van der Waals surface area contributed by atoms with Crippen LogP contribution in [-0.2, 0) is 10.0 Å². The Morgan fingerprint density at radius 2 is 1.82 bits per heavy atom. The zero-order valence-corrected chi connectivity index (χ0v) is 18.2. The Kier molecular flexibility index (Phi) is 6.36. The van der Waals surface area contributed by atoms with Gasteiger partial charge < -0.3 is 15.0 Å². The molecule has 1 aliphatic heterocycles. The number of amides is 2. The van der Waals surface area contributed by atoms with Crippen molar-refractivity contribution in [3.8, 4) is 5.75 Å². The molecule has 2 aromatic carbocycles. The Bertz CT molecular complexity index is 994. The largest absolute Gasteiger partial charge is 0.494 e. The number of para-hydroxylation sites is 2. The number of anilines is 2. The van der Waals surface area contributed by atoms with Gasteiger partial charge in [-0.1, -0.05) is 23.7 Å². The zero-order valence-electron chi connectivity index (χ0n) is 15.0. The molecule has 0 radical (unpaired) electrons. The summed E-state index contributed by atoms with van der Waals surface area (Å²) in [5.41, 5.74) is 0.608. The zero-order chi connectivity index (χ0) is 20.3. The van der Waals surface area contributed by atoms with Crippen LogP contribution in [0.2, 0.25) is 5.02 Å². The second kappa shape index (κ2) is 8.59. The summed E-state index contributed by atoms with van der Waals surface area (Å²) in [7, 11) is -2.66. The van der Waals surface area contributed by atoms with E-state index in [9.17, 15) is 13.2 Å². The van der Waals surface area contributed by atoms with E-state index in [1.54, 1.807) is 35.2 Å². The summed E-state index contributed by atoms with van der Waals surface area (Å²) in [6.45, 7) is 1.38. The molecule has 2 N–H and O–H groups in total. The Morgan fingerprint density at radius 3 is 2.46 bits per heavy atom. The van der Waals surface area contributed by atoms with E-state index in [1.807, 2.05) is 0 Å². The van der Waals surface area contributed by atoms with E-state index in [0.717, 1.165) is 12.8 Å². The van der Waals surface area contributed by atoms with Gasteiger partial charge in [-0.3, -0.25) is 4.72 Å². The molecular formula is C18H19BrClN3O4S. The van der Waals surface area contributed by atoms with Gasteiger partial charge in [-0.05, 0) is 53.0 Å². The van der Waals surface area contributed by atoms with E-state index >= 15 is 0 Å². The number of hydrogen-bond donors (Lipinski definition) is 2. The highest BCUT2D eigenvalue weighted by Gasteiger charge is 2.24. The summed E-state index contributed by atoms with van der Waals surface area (Å²) in [6.07, 6.45) is 1.93. The molecule has 0 saturated carbocycles. The number of carbonyl (C=O) groups excluding carboxylic acids is 1. The molecule has 0 aliphatic carbocycles. The van der Waals surface area contributed by atoms with Crippen LogP contribution in [0.15, 0.2) is 45.8 Å². The van der Waals surface area contributed by atoms with Crippen molar-refractivity contribution in [2.45, 2.75) is 17.7 Å². The highest BCUT2D eigenvalue weighted by molar-refractivity contribution is 9.10. The smallest absolute Gasteiger partial charge is 0.321 e. The van der Waals surface area contributed by atoms with Gasteiger partial charge in [-0.25, -0.2) is 13.2 Å².